The molecule has 0 aromatic heterocycles. The summed E-state index contributed by atoms with van der Waals surface area (Å²) in [7, 11) is -3.62. The van der Waals surface area contributed by atoms with E-state index in [0.29, 0.717) is 18.5 Å². The van der Waals surface area contributed by atoms with E-state index in [-0.39, 0.29) is 18.5 Å². The molecular weight excluding hydrogens is 388 g/mol. The number of rotatable bonds is 6. The molecule has 2 aromatic rings. The van der Waals surface area contributed by atoms with Crippen LogP contribution in [-0.2, 0) is 21.2 Å². The molecule has 0 aliphatic carbocycles. The summed E-state index contributed by atoms with van der Waals surface area (Å²) in [5.74, 6) is 0.393. The minimum atomic E-state index is -3.62. The number of anilines is 1. The maximum absolute atomic E-state index is 12.9. The quantitative estimate of drug-likeness (QED) is 0.783. The Morgan fingerprint density at radius 1 is 1.17 bits per heavy atom. The highest BCUT2D eigenvalue weighted by atomic mass is 32.2. The van der Waals surface area contributed by atoms with Crippen LogP contribution in [0.4, 0.5) is 5.69 Å². The van der Waals surface area contributed by atoms with Crippen LogP contribution in [0.25, 0.3) is 0 Å². The van der Waals surface area contributed by atoms with E-state index in [1.54, 1.807) is 12.1 Å². The summed E-state index contributed by atoms with van der Waals surface area (Å²) in [4.78, 5) is 12.9. The van der Waals surface area contributed by atoms with Crippen LogP contribution in [0.1, 0.15) is 44.4 Å². The van der Waals surface area contributed by atoms with Crippen LogP contribution in [0.3, 0.4) is 0 Å². The molecule has 6 nitrogen and oxygen atoms in total. The number of sulfonamides is 1. The maximum atomic E-state index is 12.9. The Bertz CT molecular complexity index is 1000. The van der Waals surface area contributed by atoms with E-state index in [2.05, 4.69) is 5.32 Å². The van der Waals surface area contributed by atoms with Gasteiger partial charge in [-0.2, -0.15) is 0 Å². The van der Waals surface area contributed by atoms with E-state index < -0.39 is 15.6 Å². The highest BCUT2D eigenvalue weighted by molar-refractivity contribution is 7.92. The Kier molecular flexibility index (Phi) is 5.89. The number of nitrogens with one attached hydrogen (secondary N) is 1. The standard InChI is InChI=1S/C22H28N2O4S/c1-5-16-10-6-8-12-19(16)24(29(4,26)27)15-21(25)23-18-14-22(2,3)28-20-13-9-7-11-17(18)20/h6-13,18H,5,14-15H2,1-4H3,(H,23,25). The van der Waals surface area contributed by atoms with Crippen LogP contribution < -0.4 is 14.4 Å². The van der Waals surface area contributed by atoms with Crippen molar-refractivity contribution in [3.05, 3.63) is 59.7 Å². The first kappa shape index (κ1) is 21.2. The Morgan fingerprint density at radius 2 is 1.83 bits per heavy atom. The fourth-order valence-electron chi connectivity index (χ4n) is 3.74. The highest BCUT2D eigenvalue weighted by Crippen LogP contribution is 2.39. The number of hydrogen-bond acceptors (Lipinski definition) is 4. The number of benzene rings is 2. The number of carbonyl (C=O) groups is 1. The summed E-state index contributed by atoms with van der Waals surface area (Å²) in [5.41, 5.74) is 1.89. The zero-order valence-corrected chi connectivity index (χ0v) is 18.1. The molecule has 0 saturated heterocycles. The Balaban J connectivity index is 1.85. The van der Waals surface area contributed by atoms with Crippen LogP contribution in [0.15, 0.2) is 48.5 Å². The predicted octanol–water partition coefficient (Wildman–Crippen LogP) is 3.43. The molecule has 7 heteroatoms. The molecule has 0 radical (unpaired) electrons. The molecule has 0 saturated carbocycles. The van der Waals surface area contributed by atoms with E-state index in [1.807, 2.05) is 57.2 Å². The van der Waals surface area contributed by atoms with Crippen molar-refractivity contribution in [1.82, 2.24) is 5.32 Å². The van der Waals surface area contributed by atoms with Crippen molar-refractivity contribution in [3.63, 3.8) is 0 Å². The van der Waals surface area contributed by atoms with Gasteiger partial charge in [-0.25, -0.2) is 8.42 Å². The van der Waals surface area contributed by atoms with Gasteiger partial charge in [-0.05, 0) is 38.0 Å². The second kappa shape index (κ2) is 8.06. The Labute approximate surface area is 172 Å². The first-order valence-electron chi connectivity index (χ1n) is 9.73. The van der Waals surface area contributed by atoms with Gasteiger partial charge in [0.25, 0.3) is 0 Å². The predicted molar refractivity (Wildman–Crippen MR) is 115 cm³/mol. The van der Waals surface area contributed by atoms with Gasteiger partial charge in [0.15, 0.2) is 0 Å². The van der Waals surface area contributed by atoms with E-state index in [4.69, 9.17) is 4.74 Å². The van der Waals surface area contributed by atoms with Crippen LogP contribution in [-0.4, -0.2) is 32.7 Å². The fraction of sp³-hybridized carbons (Fsp3) is 0.409. The van der Waals surface area contributed by atoms with Gasteiger partial charge in [0, 0.05) is 12.0 Å². The number of hydrogen-bond donors (Lipinski definition) is 1. The third kappa shape index (κ3) is 4.90. The lowest BCUT2D eigenvalue weighted by Crippen LogP contribution is -2.45. The lowest BCUT2D eigenvalue weighted by atomic mass is 9.89. The van der Waals surface area contributed by atoms with Crippen molar-refractivity contribution >= 4 is 21.6 Å². The number of amides is 1. The normalized spacial score (nSPS) is 17.7. The van der Waals surface area contributed by atoms with Crippen LogP contribution in [0, 0.1) is 0 Å². The molecular formula is C22H28N2O4S. The molecule has 3 rings (SSSR count). The van der Waals surface area contributed by atoms with Crippen molar-refractivity contribution in [3.8, 4) is 5.75 Å². The van der Waals surface area contributed by atoms with Crippen LogP contribution >= 0.6 is 0 Å². The van der Waals surface area contributed by atoms with E-state index in [9.17, 15) is 13.2 Å². The van der Waals surface area contributed by atoms with Crippen molar-refractivity contribution < 1.29 is 17.9 Å². The van der Waals surface area contributed by atoms with Crippen molar-refractivity contribution in [2.24, 2.45) is 0 Å². The Hall–Kier alpha value is -2.54. The molecule has 0 fully saturated rings. The monoisotopic (exact) mass is 416 g/mol. The summed E-state index contributed by atoms with van der Waals surface area (Å²) in [5, 5.41) is 3.02. The largest absolute Gasteiger partial charge is 0.487 e. The third-order valence-electron chi connectivity index (χ3n) is 5.04. The van der Waals surface area contributed by atoms with Gasteiger partial charge in [0.1, 0.15) is 17.9 Å². The molecule has 2 aromatic carbocycles. The van der Waals surface area contributed by atoms with E-state index in [0.717, 1.165) is 23.1 Å². The number of nitrogens with zero attached hydrogens (tertiary/aromatic N) is 1. The van der Waals surface area contributed by atoms with E-state index in [1.165, 1.54) is 4.31 Å². The molecule has 1 aliphatic heterocycles. The van der Waals surface area contributed by atoms with Gasteiger partial charge in [0.2, 0.25) is 15.9 Å². The maximum Gasteiger partial charge on any atom is 0.241 e. The summed E-state index contributed by atoms with van der Waals surface area (Å²) < 4.78 is 32.1. The second-order valence-electron chi connectivity index (χ2n) is 7.98. The van der Waals surface area contributed by atoms with Crippen molar-refractivity contribution in [2.45, 2.75) is 45.3 Å². The molecule has 1 atom stereocenters. The second-order valence-corrected chi connectivity index (χ2v) is 9.88. The molecule has 1 aliphatic rings. The van der Waals surface area contributed by atoms with Gasteiger partial charge in [0.05, 0.1) is 18.0 Å². The fourth-order valence-corrected chi connectivity index (χ4v) is 4.62. The van der Waals surface area contributed by atoms with Gasteiger partial charge in [-0.15, -0.1) is 0 Å². The highest BCUT2D eigenvalue weighted by Gasteiger charge is 2.35. The molecule has 1 N–H and O–H groups in total. The van der Waals surface area contributed by atoms with Crippen molar-refractivity contribution in [1.29, 1.82) is 0 Å². The van der Waals surface area contributed by atoms with Gasteiger partial charge >= 0.3 is 0 Å². The molecule has 156 valence electrons. The smallest absolute Gasteiger partial charge is 0.241 e. The first-order chi connectivity index (χ1) is 13.6. The lowest BCUT2D eigenvalue weighted by molar-refractivity contribution is -0.120. The lowest BCUT2D eigenvalue weighted by Gasteiger charge is -2.38. The zero-order chi connectivity index (χ0) is 21.2. The number of aryl methyl sites for hydroxylation is 1. The number of ether oxygens (including phenoxy) is 1. The SMILES string of the molecule is CCc1ccccc1N(CC(=O)NC1CC(C)(C)Oc2ccccc21)S(C)(=O)=O. The van der Waals surface area contributed by atoms with Gasteiger partial charge in [-0.3, -0.25) is 9.10 Å². The molecule has 1 amide bonds. The molecule has 1 heterocycles. The summed E-state index contributed by atoms with van der Waals surface area (Å²) in [6.07, 6.45) is 2.39. The van der Waals surface area contributed by atoms with Crippen LogP contribution in [0.2, 0.25) is 0 Å². The van der Waals surface area contributed by atoms with E-state index >= 15 is 0 Å². The summed E-state index contributed by atoms with van der Waals surface area (Å²) in [6, 6.07) is 14.6. The topological polar surface area (TPSA) is 75.7 Å². The zero-order valence-electron chi connectivity index (χ0n) is 17.3. The summed E-state index contributed by atoms with van der Waals surface area (Å²) >= 11 is 0. The summed E-state index contributed by atoms with van der Waals surface area (Å²) in [6.45, 7) is 5.64. The molecule has 1 unspecified atom stereocenters. The molecule has 0 spiro atoms. The Morgan fingerprint density at radius 3 is 2.52 bits per heavy atom. The minimum absolute atomic E-state index is 0.245. The van der Waals surface area contributed by atoms with Crippen molar-refractivity contribution in [2.75, 3.05) is 17.1 Å². The third-order valence-corrected chi connectivity index (χ3v) is 6.17. The van der Waals surface area contributed by atoms with Crippen LogP contribution in [0.5, 0.6) is 5.75 Å². The average Bonchev–Trinajstić information content (AvgIpc) is 2.64. The number of fused-ring (bicyclic) bond motifs is 1. The first-order valence-corrected chi connectivity index (χ1v) is 11.6. The number of carbonyl (C=O) groups excluding carboxylic acids is 1. The molecule has 29 heavy (non-hydrogen) atoms. The minimum Gasteiger partial charge on any atom is -0.487 e. The van der Waals surface area contributed by atoms with Gasteiger partial charge < -0.3 is 10.1 Å². The molecule has 0 bridgehead atoms. The van der Waals surface area contributed by atoms with Gasteiger partial charge in [-0.1, -0.05) is 43.3 Å². The average molecular weight is 417 g/mol. The number of para-hydroxylation sites is 2.